The lowest BCUT2D eigenvalue weighted by atomic mass is 10.4. The first-order valence-corrected chi connectivity index (χ1v) is 6.89. The van der Waals surface area contributed by atoms with E-state index in [2.05, 4.69) is 23.8 Å². The summed E-state index contributed by atoms with van der Waals surface area (Å²) in [7, 11) is 0. The third kappa shape index (κ3) is 11.3. The average molecular weight is 308 g/mol. The number of esters is 2. The van der Waals surface area contributed by atoms with Crippen LogP contribution in [-0.2, 0) is 19.1 Å². The van der Waals surface area contributed by atoms with Gasteiger partial charge in [-0.2, -0.15) is 0 Å². The van der Waals surface area contributed by atoms with Gasteiger partial charge in [-0.05, 0) is 13.8 Å². The van der Waals surface area contributed by atoms with Crippen molar-refractivity contribution in [2.24, 2.45) is 0 Å². The molecule has 0 spiro atoms. The summed E-state index contributed by atoms with van der Waals surface area (Å²) >= 11 is 0. The molecule has 0 bridgehead atoms. The maximum atomic E-state index is 11.3. The van der Waals surface area contributed by atoms with Gasteiger partial charge in [0, 0.05) is 36.6 Å². The van der Waals surface area contributed by atoms with Crippen molar-refractivity contribution in [3.8, 4) is 0 Å². The Bertz CT molecular complexity index is 411. The Balaban J connectivity index is 3.95. The third-order valence-electron chi connectivity index (χ3n) is 2.29. The molecule has 0 aromatic carbocycles. The predicted octanol–water partition coefficient (Wildman–Crippen LogP) is 1.43. The Morgan fingerprint density at radius 1 is 0.864 bits per heavy atom. The van der Waals surface area contributed by atoms with Crippen LogP contribution in [0.5, 0.6) is 0 Å². The summed E-state index contributed by atoms with van der Waals surface area (Å²) in [5, 5.41) is 6.10. The van der Waals surface area contributed by atoms with E-state index in [1.54, 1.807) is 13.8 Å². The first kappa shape index (κ1) is 19.5. The highest BCUT2D eigenvalue weighted by molar-refractivity contribution is 5.83. The van der Waals surface area contributed by atoms with Crippen molar-refractivity contribution in [1.82, 2.24) is 10.6 Å². The van der Waals surface area contributed by atoms with Gasteiger partial charge in [-0.15, -0.1) is 0 Å². The highest BCUT2D eigenvalue weighted by Crippen LogP contribution is 1.91. The Kier molecular flexibility index (Phi) is 10.9. The van der Waals surface area contributed by atoms with Crippen molar-refractivity contribution < 1.29 is 19.1 Å². The van der Waals surface area contributed by atoms with Crippen molar-refractivity contribution in [3.63, 3.8) is 0 Å². The molecule has 0 unspecified atom stereocenters. The van der Waals surface area contributed by atoms with Crippen LogP contribution in [0.1, 0.15) is 13.8 Å². The second-order valence-corrected chi connectivity index (χ2v) is 4.35. The summed E-state index contributed by atoms with van der Waals surface area (Å²) in [5.41, 5.74) is 1.39. The largest absolute Gasteiger partial charge is 0.458 e. The third-order valence-corrected chi connectivity index (χ3v) is 2.29. The van der Waals surface area contributed by atoms with Crippen LogP contribution in [0.25, 0.3) is 0 Å². The first-order chi connectivity index (χ1) is 10.5. The van der Waals surface area contributed by atoms with E-state index in [0.717, 1.165) is 0 Å². The minimum Gasteiger partial charge on any atom is -0.458 e. The molecule has 0 aromatic rings. The Morgan fingerprint density at radius 2 is 1.23 bits per heavy atom. The van der Waals surface area contributed by atoms with Crippen LogP contribution in [0, 0.1) is 0 Å². The molecule has 0 heterocycles. The lowest BCUT2D eigenvalue weighted by Gasteiger charge is -2.09. The molecule has 6 heteroatoms. The standard InChI is InChI=1S/C16H24N2O4/c1-5-9-21-15(19)11-13(3)17-7-8-18-14(4)12-16(20)22-10-6-2/h5-6,11-12,17-18H,1-2,7-10H2,3-4H3. The van der Waals surface area contributed by atoms with E-state index in [-0.39, 0.29) is 13.2 Å². The van der Waals surface area contributed by atoms with Gasteiger partial charge in [0.2, 0.25) is 0 Å². The van der Waals surface area contributed by atoms with Crippen molar-refractivity contribution in [2.45, 2.75) is 13.8 Å². The van der Waals surface area contributed by atoms with Gasteiger partial charge in [0.25, 0.3) is 0 Å². The van der Waals surface area contributed by atoms with Gasteiger partial charge in [0.1, 0.15) is 13.2 Å². The summed E-state index contributed by atoms with van der Waals surface area (Å²) in [6.45, 7) is 12.0. The number of nitrogens with one attached hydrogen (secondary N) is 2. The summed E-state index contributed by atoms with van der Waals surface area (Å²) < 4.78 is 9.65. The molecule has 122 valence electrons. The summed E-state index contributed by atoms with van der Waals surface area (Å²) in [5.74, 6) is -0.835. The number of hydrogen-bond donors (Lipinski definition) is 2. The van der Waals surface area contributed by atoms with Crippen LogP contribution in [0.2, 0.25) is 0 Å². The van der Waals surface area contributed by atoms with Crippen molar-refractivity contribution in [1.29, 1.82) is 0 Å². The normalized spacial score (nSPS) is 11.4. The Morgan fingerprint density at radius 3 is 1.55 bits per heavy atom. The van der Waals surface area contributed by atoms with Gasteiger partial charge >= 0.3 is 11.9 Å². The topological polar surface area (TPSA) is 76.7 Å². The molecule has 0 saturated carbocycles. The number of carbonyl (C=O) groups excluding carboxylic acids is 2. The fraction of sp³-hybridized carbons (Fsp3) is 0.375. The number of rotatable bonds is 11. The van der Waals surface area contributed by atoms with Gasteiger partial charge in [-0.1, -0.05) is 25.3 Å². The molecule has 2 N–H and O–H groups in total. The van der Waals surface area contributed by atoms with Crippen LogP contribution in [0.15, 0.2) is 48.9 Å². The first-order valence-electron chi connectivity index (χ1n) is 6.89. The molecule has 0 aliphatic heterocycles. The minimum atomic E-state index is -0.418. The van der Waals surface area contributed by atoms with E-state index < -0.39 is 11.9 Å². The van der Waals surface area contributed by atoms with Crippen LogP contribution in [0.4, 0.5) is 0 Å². The highest BCUT2D eigenvalue weighted by Gasteiger charge is 1.99. The van der Waals surface area contributed by atoms with E-state index in [0.29, 0.717) is 24.5 Å². The summed E-state index contributed by atoms with van der Waals surface area (Å²) in [6.07, 6.45) is 5.76. The van der Waals surface area contributed by atoms with Crippen LogP contribution >= 0.6 is 0 Å². The lowest BCUT2D eigenvalue weighted by Crippen LogP contribution is -2.26. The van der Waals surface area contributed by atoms with Gasteiger partial charge in [0.05, 0.1) is 0 Å². The van der Waals surface area contributed by atoms with Crippen LogP contribution in [-0.4, -0.2) is 38.2 Å². The van der Waals surface area contributed by atoms with Crippen LogP contribution in [0.3, 0.4) is 0 Å². The molecule has 22 heavy (non-hydrogen) atoms. The monoisotopic (exact) mass is 308 g/mol. The maximum absolute atomic E-state index is 11.3. The average Bonchev–Trinajstić information content (AvgIpc) is 2.47. The van der Waals surface area contributed by atoms with Crippen molar-refractivity contribution in [3.05, 3.63) is 48.9 Å². The zero-order valence-electron chi connectivity index (χ0n) is 13.2. The number of allylic oxidation sites excluding steroid dienone is 2. The fourth-order valence-electron chi connectivity index (χ4n) is 1.34. The second-order valence-electron chi connectivity index (χ2n) is 4.35. The molecule has 0 aliphatic carbocycles. The Hall–Kier alpha value is -2.50. The molecular weight excluding hydrogens is 284 g/mol. The summed E-state index contributed by atoms with van der Waals surface area (Å²) in [4.78, 5) is 22.6. The number of ether oxygens (including phenoxy) is 2. The summed E-state index contributed by atoms with van der Waals surface area (Å²) in [6, 6.07) is 0. The molecule has 0 atom stereocenters. The van der Waals surface area contributed by atoms with Gasteiger partial charge in [-0.25, -0.2) is 9.59 Å². The van der Waals surface area contributed by atoms with Gasteiger partial charge in [0.15, 0.2) is 0 Å². The van der Waals surface area contributed by atoms with E-state index in [1.807, 2.05) is 0 Å². The zero-order chi connectivity index (χ0) is 16.8. The zero-order valence-corrected chi connectivity index (χ0v) is 13.2. The van der Waals surface area contributed by atoms with E-state index >= 15 is 0 Å². The maximum Gasteiger partial charge on any atom is 0.332 e. The quantitative estimate of drug-likeness (QED) is 0.260. The van der Waals surface area contributed by atoms with Gasteiger partial charge in [-0.3, -0.25) is 0 Å². The SMILES string of the molecule is C=CCOC(=O)C=C(C)NCCNC(C)=CC(=O)OCC=C. The molecule has 0 saturated heterocycles. The number of carbonyl (C=O) groups is 2. The molecular formula is C16H24N2O4. The van der Waals surface area contributed by atoms with E-state index in [4.69, 9.17) is 9.47 Å². The second kappa shape index (κ2) is 12.3. The minimum absolute atomic E-state index is 0.191. The molecule has 0 aliphatic rings. The molecule has 0 rings (SSSR count). The van der Waals surface area contributed by atoms with E-state index in [1.165, 1.54) is 24.3 Å². The van der Waals surface area contributed by atoms with E-state index in [9.17, 15) is 9.59 Å². The molecule has 0 amide bonds. The van der Waals surface area contributed by atoms with Crippen molar-refractivity contribution >= 4 is 11.9 Å². The smallest absolute Gasteiger partial charge is 0.332 e. The Labute approximate surface area is 131 Å². The fourth-order valence-corrected chi connectivity index (χ4v) is 1.34. The van der Waals surface area contributed by atoms with Crippen molar-refractivity contribution in [2.75, 3.05) is 26.3 Å². The number of hydrogen-bond acceptors (Lipinski definition) is 6. The molecule has 0 fully saturated rings. The lowest BCUT2D eigenvalue weighted by molar-refractivity contribution is -0.137. The predicted molar refractivity (Wildman–Crippen MR) is 85.8 cm³/mol. The molecule has 0 radical (unpaired) electrons. The van der Waals surface area contributed by atoms with Gasteiger partial charge < -0.3 is 20.1 Å². The highest BCUT2D eigenvalue weighted by atomic mass is 16.5. The molecule has 6 nitrogen and oxygen atoms in total. The van der Waals surface area contributed by atoms with Crippen LogP contribution < -0.4 is 10.6 Å². The molecule has 0 aromatic heterocycles.